The van der Waals surface area contributed by atoms with Gasteiger partial charge in [-0.2, -0.15) is 0 Å². The number of rotatable bonds is 6. The molecular weight excluding hydrogens is 292 g/mol. The quantitative estimate of drug-likeness (QED) is 0.771. The Morgan fingerprint density at radius 3 is 2.67 bits per heavy atom. The Labute approximate surface area is 127 Å². The highest BCUT2D eigenvalue weighted by Gasteiger charge is 2.20. The summed E-state index contributed by atoms with van der Waals surface area (Å²) in [5.41, 5.74) is 0. The minimum atomic E-state index is -1.02. The highest BCUT2D eigenvalue weighted by Crippen LogP contribution is 2.23. The molecule has 0 spiro atoms. The maximum Gasteiger partial charge on any atom is 0.322 e. The number of aromatic nitrogens is 1. The first-order valence-electron chi connectivity index (χ1n) is 6.99. The fourth-order valence-electron chi connectivity index (χ4n) is 2.14. The first-order valence-corrected chi connectivity index (χ1v) is 7.80. The van der Waals surface area contributed by atoms with Crippen LogP contribution in [0.4, 0.5) is 5.13 Å². The van der Waals surface area contributed by atoms with Crippen LogP contribution in [0.15, 0.2) is 6.20 Å². The van der Waals surface area contributed by atoms with Crippen LogP contribution >= 0.6 is 11.3 Å². The average molecular weight is 312 g/mol. The van der Waals surface area contributed by atoms with Crippen molar-refractivity contribution in [1.82, 2.24) is 15.2 Å². The summed E-state index contributed by atoms with van der Waals surface area (Å²) in [5, 5.41) is 11.9. The first kappa shape index (κ1) is 15.7. The summed E-state index contributed by atoms with van der Waals surface area (Å²) in [4.78, 5) is 31.9. The second-order valence-electron chi connectivity index (χ2n) is 4.90. The van der Waals surface area contributed by atoms with Crippen molar-refractivity contribution in [2.75, 3.05) is 44.2 Å². The Hall–Kier alpha value is -1.67. The van der Waals surface area contributed by atoms with Crippen LogP contribution in [0.25, 0.3) is 0 Å². The lowest BCUT2D eigenvalue weighted by atomic mass is 10.3. The molecule has 0 saturated carbocycles. The Morgan fingerprint density at radius 2 is 2.10 bits per heavy atom. The molecule has 1 amide bonds. The number of nitrogens with zero attached hydrogens (tertiary/aromatic N) is 3. The number of aryl methyl sites for hydroxylation is 1. The van der Waals surface area contributed by atoms with Crippen LogP contribution in [-0.2, 0) is 16.0 Å². The maximum atomic E-state index is 11.6. The number of hydrogen-bond donors (Lipinski definition) is 2. The van der Waals surface area contributed by atoms with Crippen LogP contribution in [0, 0.1) is 0 Å². The molecule has 0 bridgehead atoms. The number of thiazole rings is 1. The minimum Gasteiger partial charge on any atom is -0.480 e. The lowest BCUT2D eigenvalue weighted by Gasteiger charge is -2.34. The first-order chi connectivity index (χ1) is 10.1. The molecule has 2 rings (SSSR count). The lowest BCUT2D eigenvalue weighted by molar-refractivity contribution is -0.138. The van der Waals surface area contributed by atoms with Crippen molar-refractivity contribution < 1.29 is 14.7 Å². The van der Waals surface area contributed by atoms with E-state index in [2.05, 4.69) is 22.1 Å². The van der Waals surface area contributed by atoms with E-state index in [0.717, 1.165) is 37.7 Å². The third-order valence-corrected chi connectivity index (χ3v) is 4.54. The zero-order valence-corrected chi connectivity index (χ0v) is 12.9. The smallest absolute Gasteiger partial charge is 0.322 e. The summed E-state index contributed by atoms with van der Waals surface area (Å²) in [6.45, 7) is 5.27. The molecular formula is C13H20N4O3S. The standard InChI is InChI=1S/C13H20N4O3S/c1-2-10-7-15-13(21-10)17-5-3-16(4-6-17)9-11(18)14-8-12(19)20/h7H,2-6,8-9H2,1H3,(H,14,18)(H,19,20). The van der Waals surface area contributed by atoms with Gasteiger partial charge in [-0.05, 0) is 6.42 Å². The molecule has 2 heterocycles. The summed E-state index contributed by atoms with van der Waals surface area (Å²) in [7, 11) is 0. The normalized spacial score (nSPS) is 16.0. The zero-order chi connectivity index (χ0) is 15.2. The lowest BCUT2D eigenvalue weighted by Crippen LogP contribution is -2.49. The number of hydrogen-bond acceptors (Lipinski definition) is 6. The molecule has 8 heteroatoms. The van der Waals surface area contributed by atoms with Gasteiger partial charge in [0.25, 0.3) is 0 Å². The number of carbonyl (C=O) groups is 2. The largest absolute Gasteiger partial charge is 0.480 e. The molecule has 0 aromatic carbocycles. The van der Waals surface area contributed by atoms with Gasteiger partial charge in [0, 0.05) is 37.3 Å². The van der Waals surface area contributed by atoms with E-state index in [1.54, 1.807) is 11.3 Å². The molecule has 1 fully saturated rings. The van der Waals surface area contributed by atoms with E-state index >= 15 is 0 Å². The molecule has 21 heavy (non-hydrogen) atoms. The van der Waals surface area contributed by atoms with Gasteiger partial charge in [-0.25, -0.2) is 4.98 Å². The van der Waals surface area contributed by atoms with Crippen LogP contribution in [-0.4, -0.2) is 66.1 Å². The summed E-state index contributed by atoms with van der Waals surface area (Å²) in [6, 6.07) is 0. The molecule has 1 aliphatic rings. The van der Waals surface area contributed by atoms with Gasteiger partial charge in [-0.3, -0.25) is 14.5 Å². The monoisotopic (exact) mass is 312 g/mol. The zero-order valence-electron chi connectivity index (χ0n) is 12.0. The van der Waals surface area contributed by atoms with E-state index in [1.807, 2.05) is 11.1 Å². The summed E-state index contributed by atoms with van der Waals surface area (Å²) in [6.07, 6.45) is 2.92. The molecule has 7 nitrogen and oxygen atoms in total. The molecule has 1 aromatic heterocycles. The number of nitrogens with one attached hydrogen (secondary N) is 1. The fourth-order valence-corrected chi connectivity index (χ4v) is 3.04. The van der Waals surface area contributed by atoms with Crippen molar-refractivity contribution in [3.8, 4) is 0 Å². The van der Waals surface area contributed by atoms with Crippen LogP contribution < -0.4 is 10.2 Å². The van der Waals surface area contributed by atoms with Gasteiger partial charge in [-0.15, -0.1) is 11.3 Å². The predicted molar refractivity (Wildman–Crippen MR) is 80.8 cm³/mol. The number of carboxylic acids is 1. The third kappa shape index (κ3) is 4.68. The van der Waals surface area contributed by atoms with Crippen LogP contribution in [0.1, 0.15) is 11.8 Å². The topological polar surface area (TPSA) is 85.8 Å². The van der Waals surface area contributed by atoms with E-state index < -0.39 is 5.97 Å². The molecule has 0 aliphatic carbocycles. The van der Waals surface area contributed by atoms with Gasteiger partial charge < -0.3 is 15.3 Å². The van der Waals surface area contributed by atoms with E-state index in [1.165, 1.54) is 4.88 Å². The van der Waals surface area contributed by atoms with Gasteiger partial charge >= 0.3 is 5.97 Å². The van der Waals surface area contributed by atoms with Gasteiger partial charge in [0.15, 0.2) is 5.13 Å². The summed E-state index contributed by atoms with van der Waals surface area (Å²) >= 11 is 1.72. The van der Waals surface area contributed by atoms with Gasteiger partial charge in [0.05, 0.1) is 6.54 Å². The highest BCUT2D eigenvalue weighted by atomic mass is 32.1. The second kappa shape index (κ2) is 7.37. The van der Waals surface area contributed by atoms with Crippen molar-refractivity contribution in [2.24, 2.45) is 0 Å². The molecule has 0 atom stereocenters. The number of aliphatic carboxylic acids is 1. The number of carbonyl (C=O) groups excluding carboxylic acids is 1. The molecule has 116 valence electrons. The minimum absolute atomic E-state index is 0.242. The van der Waals surface area contributed by atoms with Crippen molar-refractivity contribution in [2.45, 2.75) is 13.3 Å². The molecule has 1 aliphatic heterocycles. The van der Waals surface area contributed by atoms with E-state index in [4.69, 9.17) is 5.11 Å². The predicted octanol–water partition coefficient (Wildman–Crippen LogP) is 0.0283. The van der Waals surface area contributed by atoms with Gasteiger partial charge in [-0.1, -0.05) is 6.92 Å². The highest BCUT2D eigenvalue weighted by molar-refractivity contribution is 7.15. The SMILES string of the molecule is CCc1cnc(N2CCN(CC(=O)NCC(=O)O)CC2)s1. The van der Waals surface area contributed by atoms with E-state index in [9.17, 15) is 9.59 Å². The number of piperazine rings is 1. The number of amides is 1. The van der Waals surface area contributed by atoms with Crippen LogP contribution in [0.5, 0.6) is 0 Å². The average Bonchev–Trinajstić information content (AvgIpc) is 2.95. The molecule has 0 radical (unpaired) electrons. The van der Waals surface area contributed by atoms with E-state index in [0.29, 0.717) is 0 Å². The molecule has 1 saturated heterocycles. The van der Waals surface area contributed by atoms with Gasteiger partial charge in [0.2, 0.25) is 5.91 Å². The second-order valence-corrected chi connectivity index (χ2v) is 5.99. The van der Waals surface area contributed by atoms with Crippen molar-refractivity contribution in [1.29, 1.82) is 0 Å². The Kier molecular flexibility index (Phi) is 5.51. The van der Waals surface area contributed by atoms with Crippen molar-refractivity contribution in [3.63, 3.8) is 0 Å². The molecule has 2 N–H and O–H groups in total. The van der Waals surface area contributed by atoms with Crippen molar-refractivity contribution >= 4 is 28.3 Å². The third-order valence-electron chi connectivity index (χ3n) is 3.34. The Morgan fingerprint density at radius 1 is 1.38 bits per heavy atom. The van der Waals surface area contributed by atoms with Crippen LogP contribution in [0.2, 0.25) is 0 Å². The Balaban J connectivity index is 1.75. The van der Waals surface area contributed by atoms with E-state index in [-0.39, 0.29) is 19.0 Å². The molecule has 0 unspecified atom stereocenters. The Bertz CT molecular complexity index is 497. The molecule has 1 aromatic rings. The summed E-state index contributed by atoms with van der Waals surface area (Å²) < 4.78 is 0. The van der Waals surface area contributed by atoms with Crippen LogP contribution in [0.3, 0.4) is 0 Å². The fraction of sp³-hybridized carbons (Fsp3) is 0.615. The number of anilines is 1. The summed E-state index contributed by atoms with van der Waals surface area (Å²) in [5.74, 6) is -1.27. The van der Waals surface area contributed by atoms with Crippen molar-refractivity contribution in [3.05, 3.63) is 11.1 Å². The van der Waals surface area contributed by atoms with Gasteiger partial charge in [0.1, 0.15) is 6.54 Å². The number of carboxylic acid groups (broad SMARTS) is 1. The maximum absolute atomic E-state index is 11.6.